The van der Waals surface area contributed by atoms with Gasteiger partial charge < -0.3 is 0 Å². The van der Waals surface area contributed by atoms with E-state index in [4.69, 9.17) is 0 Å². The van der Waals surface area contributed by atoms with Crippen LogP contribution in [0.15, 0.2) is 42.5 Å². The van der Waals surface area contributed by atoms with Crippen LogP contribution in [0.2, 0.25) is 18.6 Å². The van der Waals surface area contributed by atoms with Crippen molar-refractivity contribution >= 4 is 13.3 Å². The van der Waals surface area contributed by atoms with Gasteiger partial charge in [-0.15, -0.1) is 0 Å². The number of rotatable bonds is 10. The highest BCUT2D eigenvalue weighted by atomic mass is 28.3. The summed E-state index contributed by atoms with van der Waals surface area (Å²) in [6, 6.07) is 11.2. The third-order valence-electron chi connectivity index (χ3n) is 6.66. The van der Waals surface area contributed by atoms with Gasteiger partial charge in [0.2, 0.25) is 0 Å². The lowest BCUT2D eigenvalue weighted by molar-refractivity contribution is 0.224. The summed E-state index contributed by atoms with van der Waals surface area (Å²) < 4.78 is 0. The Balaban J connectivity index is 2.60. The van der Waals surface area contributed by atoms with Crippen LogP contribution in [0.4, 0.5) is 0 Å². The Morgan fingerprint density at radius 2 is 1.75 bits per heavy atom. The molecule has 0 radical (unpaired) electrons. The normalized spacial score (nSPS) is 17.1. The third-order valence-corrected chi connectivity index (χ3v) is 11.2. The van der Waals surface area contributed by atoms with Gasteiger partial charge >= 0.3 is 0 Å². The molecule has 0 bridgehead atoms. The van der Waals surface area contributed by atoms with E-state index in [-0.39, 0.29) is 0 Å². The first-order chi connectivity index (χ1) is 11.1. The van der Waals surface area contributed by atoms with Gasteiger partial charge in [0, 0.05) is 0 Å². The standard InChI is InChI=1S/C23H40Si/c1-9-23(6,18-20(4)19(2)3)17-13-14-21(5)24(7,8)22-15-11-10-12-16-22/h10-12,15-16,20-21H,2,9,13-14,17-18H2,1,3-8H3. The van der Waals surface area contributed by atoms with Crippen LogP contribution < -0.4 is 5.19 Å². The van der Waals surface area contributed by atoms with E-state index in [1.165, 1.54) is 37.7 Å². The predicted octanol–water partition coefficient (Wildman–Crippen LogP) is 7.18. The van der Waals surface area contributed by atoms with Crippen molar-refractivity contribution in [2.24, 2.45) is 11.3 Å². The first-order valence-electron chi connectivity index (χ1n) is 9.83. The number of benzene rings is 1. The zero-order chi connectivity index (χ0) is 18.4. The molecular weight excluding hydrogens is 304 g/mol. The molecule has 3 atom stereocenters. The van der Waals surface area contributed by atoms with Crippen LogP contribution in [0.5, 0.6) is 0 Å². The molecule has 0 amide bonds. The maximum absolute atomic E-state index is 4.15. The second-order valence-corrected chi connectivity index (χ2v) is 14.0. The quantitative estimate of drug-likeness (QED) is 0.311. The van der Waals surface area contributed by atoms with Crippen molar-refractivity contribution in [3.8, 4) is 0 Å². The zero-order valence-electron chi connectivity index (χ0n) is 17.3. The molecule has 24 heavy (non-hydrogen) atoms. The molecule has 1 rings (SSSR count). The lowest BCUT2D eigenvalue weighted by atomic mass is 9.74. The van der Waals surface area contributed by atoms with E-state index in [0.29, 0.717) is 11.3 Å². The third kappa shape index (κ3) is 5.92. The Labute approximate surface area is 152 Å². The smallest absolute Gasteiger partial charge is 0.0834 e. The Morgan fingerprint density at radius 1 is 1.17 bits per heavy atom. The van der Waals surface area contributed by atoms with Gasteiger partial charge in [0.1, 0.15) is 0 Å². The Bertz CT molecular complexity index is 502. The van der Waals surface area contributed by atoms with Crippen molar-refractivity contribution in [2.45, 2.75) is 85.4 Å². The summed E-state index contributed by atoms with van der Waals surface area (Å²) in [5, 5.41) is 1.60. The molecule has 1 heteroatoms. The molecule has 0 saturated heterocycles. The van der Waals surface area contributed by atoms with Gasteiger partial charge in [0.15, 0.2) is 0 Å². The highest BCUT2D eigenvalue weighted by Gasteiger charge is 2.31. The highest BCUT2D eigenvalue weighted by molar-refractivity contribution is 6.90. The molecule has 136 valence electrons. The van der Waals surface area contributed by atoms with E-state index in [0.717, 1.165) is 5.54 Å². The van der Waals surface area contributed by atoms with E-state index >= 15 is 0 Å². The molecule has 0 N–H and O–H groups in total. The van der Waals surface area contributed by atoms with Crippen molar-refractivity contribution in [1.29, 1.82) is 0 Å². The molecular formula is C23H40Si. The van der Waals surface area contributed by atoms with Crippen molar-refractivity contribution in [3.63, 3.8) is 0 Å². The first-order valence-corrected chi connectivity index (χ1v) is 12.9. The Morgan fingerprint density at radius 3 is 2.25 bits per heavy atom. The molecule has 0 aliphatic rings. The van der Waals surface area contributed by atoms with Crippen molar-refractivity contribution in [2.75, 3.05) is 0 Å². The molecule has 0 spiro atoms. The van der Waals surface area contributed by atoms with E-state index < -0.39 is 8.07 Å². The second-order valence-electron chi connectivity index (χ2n) is 9.00. The predicted molar refractivity (Wildman–Crippen MR) is 114 cm³/mol. The lowest BCUT2D eigenvalue weighted by Gasteiger charge is -2.34. The summed E-state index contributed by atoms with van der Waals surface area (Å²) in [5.41, 5.74) is 2.64. The van der Waals surface area contributed by atoms with Crippen LogP contribution in [0.3, 0.4) is 0 Å². The van der Waals surface area contributed by atoms with Gasteiger partial charge in [-0.1, -0.05) is 108 Å². The van der Waals surface area contributed by atoms with Crippen LogP contribution in [0.1, 0.15) is 66.7 Å². The fraction of sp³-hybridized carbons (Fsp3) is 0.652. The minimum absolute atomic E-state index is 0.469. The van der Waals surface area contributed by atoms with Gasteiger partial charge in [-0.05, 0) is 36.6 Å². The molecule has 0 fully saturated rings. The van der Waals surface area contributed by atoms with Crippen molar-refractivity contribution in [3.05, 3.63) is 42.5 Å². The van der Waals surface area contributed by atoms with Gasteiger partial charge in [0.25, 0.3) is 0 Å². The Kier molecular flexibility index (Phi) is 7.99. The molecule has 0 aromatic heterocycles. The SMILES string of the molecule is C=C(C)C(C)CC(C)(CC)CCCC(C)[Si](C)(C)c1ccccc1. The maximum atomic E-state index is 4.15. The molecule has 1 aromatic carbocycles. The molecule has 0 aliphatic heterocycles. The average Bonchev–Trinajstić information content (AvgIpc) is 2.55. The Hall–Kier alpha value is -0.823. The molecule has 1 aromatic rings. The minimum Gasteiger partial charge on any atom is -0.0999 e. The largest absolute Gasteiger partial charge is 0.0999 e. The van der Waals surface area contributed by atoms with Gasteiger partial charge in [0.05, 0.1) is 8.07 Å². The zero-order valence-corrected chi connectivity index (χ0v) is 18.3. The van der Waals surface area contributed by atoms with E-state index in [1.54, 1.807) is 5.19 Å². The number of hydrogen-bond donors (Lipinski definition) is 0. The van der Waals surface area contributed by atoms with E-state index in [9.17, 15) is 0 Å². The van der Waals surface area contributed by atoms with Crippen molar-refractivity contribution < 1.29 is 0 Å². The van der Waals surface area contributed by atoms with Crippen LogP contribution >= 0.6 is 0 Å². The first kappa shape index (κ1) is 21.2. The molecule has 0 nitrogen and oxygen atoms in total. The molecule has 3 unspecified atom stereocenters. The second kappa shape index (κ2) is 9.04. The summed E-state index contributed by atoms with van der Waals surface area (Å²) >= 11 is 0. The summed E-state index contributed by atoms with van der Waals surface area (Å²) in [5.74, 6) is 0.641. The topological polar surface area (TPSA) is 0 Å². The van der Waals surface area contributed by atoms with E-state index in [1.807, 2.05) is 0 Å². The molecule has 0 heterocycles. The maximum Gasteiger partial charge on any atom is 0.0834 e. The molecule has 0 aliphatic carbocycles. The summed E-state index contributed by atoms with van der Waals surface area (Å²) in [7, 11) is -1.35. The fourth-order valence-electron chi connectivity index (χ4n) is 3.68. The lowest BCUT2D eigenvalue weighted by Crippen LogP contribution is -2.45. The van der Waals surface area contributed by atoms with Crippen LogP contribution in [-0.2, 0) is 0 Å². The summed E-state index contributed by atoms with van der Waals surface area (Å²) in [4.78, 5) is 0. The number of allylic oxidation sites excluding steroid dienone is 1. The van der Waals surface area contributed by atoms with Crippen LogP contribution in [0.25, 0.3) is 0 Å². The van der Waals surface area contributed by atoms with Gasteiger partial charge in [-0.3, -0.25) is 0 Å². The van der Waals surface area contributed by atoms with Crippen molar-refractivity contribution in [1.82, 2.24) is 0 Å². The summed E-state index contributed by atoms with van der Waals surface area (Å²) in [6.45, 7) is 21.1. The van der Waals surface area contributed by atoms with Gasteiger partial charge in [-0.2, -0.15) is 0 Å². The van der Waals surface area contributed by atoms with Crippen LogP contribution in [-0.4, -0.2) is 8.07 Å². The fourth-order valence-corrected chi connectivity index (χ4v) is 6.23. The number of hydrogen-bond acceptors (Lipinski definition) is 0. The molecule has 0 saturated carbocycles. The monoisotopic (exact) mass is 344 g/mol. The van der Waals surface area contributed by atoms with Crippen LogP contribution in [0, 0.1) is 11.3 Å². The summed E-state index contributed by atoms with van der Waals surface area (Å²) in [6.07, 6.45) is 6.64. The highest BCUT2D eigenvalue weighted by Crippen LogP contribution is 2.38. The minimum atomic E-state index is -1.35. The average molecular weight is 345 g/mol. The van der Waals surface area contributed by atoms with Gasteiger partial charge in [-0.25, -0.2) is 0 Å². The van der Waals surface area contributed by atoms with E-state index in [2.05, 4.69) is 84.6 Å².